The topological polar surface area (TPSA) is 77.1 Å². The molecule has 8 heteroatoms. The van der Waals surface area contributed by atoms with E-state index >= 15 is 0 Å². The molecule has 4 rings (SSSR count). The molecule has 0 bridgehead atoms. The molecule has 2 aromatic rings. The van der Waals surface area contributed by atoms with Crippen molar-refractivity contribution in [3.63, 3.8) is 0 Å². The first-order valence-electron chi connectivity index (χ1n) is 10.9. The second kappa shape index (κ2) is 10.3. The molecule has 2 amide bonds. The van der Waals surface area contributed by atoms with Gasteiger partial charge in [-0.25, -0.2) is 0 Å². The predicted molar refractivity (Wildman–Crippen MR) is 130 cm³/mol. The maximum absolute atomic E-state index is 13.4. The third kappa shape index (κ3) is 4.85. The largest absolute Gasteiger partial charge is 0.497 e. The van der Waals surface area contributed by atoms with Gasteiger partial charge >= 0.3 is 0 Å². The summed E-state index contributed by atoms with van der Waals surface area (Å²) < 4.78 is 16.6. The Labute approximate surface area is 201 Å². The number of nitrogens with one attached hydrogen (secondary N) is 1. The van der Waals surface area contributed by atoms with Gasteiger partial charge in [-0.05, 0) is 48.6 Å². The molecule has 0 radical (unpaired) electrons. The zero-order chi connectivity index (χ0) is 23.4. The summed E-state index contributed by atoms with van der Waals surface area (Å²) >= 11 is 3.43. The molecular weight excluding hydrogens is 488 g/mol. The van der Waals surface area contributed by atoms with E-state index in [0.717, 1.165) is 41.5 Å². The van der Waals surface area contributed by atoms with Crippen molar-refractivity contribution in [2.45, 2.75) is 31.7 Å². The summed E-state index contributed by atoms with van der Waals surface area (Å²) in [6.07, 6.45) is 5.24. The fourth-order valence-corrected chi connectivity index (χ4v) is 4.45. The number of amides is 2. The van der Waals surface area contributed by atoms with E-state index in [-0.39, 0.29) is 11.8 Å². The lowest BCUT2D eigenvalue weighted by molar-refractivity contribution is -0.119. The number of hydrogen-bond donors (Lipinski definition) is 1. The molecule has 2 heterocycles. The first-order valence-corrected chi connectivity index (χ1v) is 12.1. The lowest BCUT2D eigenvalue weighted by Crippen LogP contribution is -2.38. The fraction of sp³-hybridized carbons (Fsp3) is 0.360. The highest BCUT2D eigenvalue weighted by atomic mass is 79.9. The van der Waals surface area contributed by atoms with E-state index in [2.05, 4.69) is 21.2 Å². The monoisotopic (exact) mass is 514 g/mol. The van der Waals surface area contributed by atoms with Gasteiger partial charge in [-0.1, -0.05) is 28.1 Å². The molecule has 1 N–H and O–H groups in total. The van der Waals surface area contributed by atoms with Gasteiger partial charge in [-0.3, -0.25) is 9.59 Å². The van der Waals surface area contributed by atoms with Crippen LogP contribution in [0.2, 0.25) is 0 Å². The zero-order valence-electron chi connectivity index (χ0n) is 18.7. The van der Waals surface area contributed by atoms with Crippen LogP contribution in [0.4, 0.5) is 5.69 Å². The van der Waals surface area contributed by atoms with Crippen molar-refractivity contribution in [3.05, 3.63) is 53.7 Å². The maximum atomic E-state index is 13.4. The molecule has 33 heavy (non-hydrogen) atoms. The van der Waals surface area contributed by atoms with E-state index < -0.39 is 6.04 Å². The molecular formula is C25H27BrN2O5. The van der Waals surface area contributed by atoms with Crippen molar-refractivity contribution in [1.82, 2.24) is 4.90 Å². The lowest BCUT2D eigenvalue weighted by atomic mass is 10.0. The Morgan fingerprint density at radius 3 is 2.52 bits per heavy atom. The number of alkyl halides is 1. The average molecular weight is 515 g/mol. The van der Waals surface area contributed by atoms with Gasteiger partial charge < -0.3 is 24.4 Å². The number of fused-ring (bicyclic) bond motifs is 2. The smallest absolute Gasteiger partial charge is 0.260 e. The van der Waals surface area contributed by atoms with Crippen molar-refractivity contribution in [1.29, 1.82) is 0 Å². The fourth-order valence-electron chi connectivity index (χ4n) is 4.06. The van der Waals surface area contributed by atoms with Gasteiger partial charge in [0.15, 0.2) is 11.5 Å². The minimum atomic E-state index is -0.610. The number of nitrogens with zero attached hydrogens (tertiary/aromatic N) is 1. The van der Waals surface area contributed by atoms with E-state index in [1.54, 1.807) is 32.6 Å². The first-order chi connectivity index (χ1) is 16.0. The molecule has 1 atom stereocenters. The quantitative estimate of drug-likeness (QED) is 0.382. The molecule has 2 aliphatic heterocycles. The van der Waals surface area contributed by atoms with Gasteiger partial charge in [0.05, 0.1) is 32.1 Å². The summed E-state index contributed by atoms with van der Waals surface area (Å²) in [7, 11) is 3.16. The summed E-state index contributed by atoms with van der Waals surface area (Å²) in [4.78, 5) is 28.0. The number of carbonyl (C=O) groups excluding carboxylic acids is 2. The number of methoxy groups -OCH3 is 2. The average Bonchev–Trinajstić information content (AvgIpc) is 3.26. The Morgan fingerprint density at radius 2 is 1.82 bits per heavy atom. The molecule has 0 saturated carbocycles. The summed E-state index contributed by atoms with van der Waals surface area (Å²) in [6.45, 7) is 0.534. The normalized spacial score (nSPS) is 17.0. The van der Waals surface area contributed by atoms with Crippen LogP contribution in [0.3, 0.4) is 0 Å². The van der Waals surface area contributed by atoms with Crippen molar-refractivity contribution in [3.8, 4) is 17.2 Å². The number of unbranched alkanes of at least 4 members (excludes halogenated alkanes) is 2. The Kier molecular flexibility index (Phi) is 7.23. The number of ether oxygens (including phenoxy) is 3. The van der Waals surface area contributed by atoms with Gasteiger partial charge in [0.25, 0.3) is 5.91 Å². The molecule has 0 fully saturated rings. The van der Waals surface area contributed by atoms with Crippen LogP contribution in [-0.2, 0) is 4.79 Å². The number of rotatable bonds is 9. The zero-order valence-corrected chi connectivity index (χ0v) is 20.3. The Hall–Kier alpha value is -3.00. The molecule has 0 aliphatic carbocycles. The molecule has 0 aromatic heterocycles. The molecule has 2 aromatic carbocycles. The van der Waals surface area contributed by atoms with Crippen LogP contribution in [0.5, 0.6) is 17.2 Å². The van der Waals surface area contributed by atoms with Gasteiger partial charge in [-0.15, -0.1) is 0 Å². The summed E-state index contributed by atoms with van der Waals surface area (Å²) in [6, 6.07) is 10.3. The van der Waals surface area contributed by atoms with Crippen LogP contribution in [0.1, 0.15) is 41.6 Å². The van der Waals surface area contributed by atoms with Crippen molar-refractivity contribution in [2.24, 2.45) is 0 Å². The molecule has 2 aliphatic rings. The van der Waals surface area contributed by atoms with Crippen LogP contribution in [-0.4, -0.2) is 48.9 Å². The summed E-state index contributed by atoms with van der Waals surface area (Å²) in [5.41, 5.74) is 2.69. The number of hydrogen-bond acceptors (Lipinski definition) is 5. The van der Waals surface area contributed by atoms with Gasteiger partial charge in [0, 0.05) is 24.0 Å². The highest BCUT2D eigenvalue weighted by Crippen LogP contribution is 2.39. The summed E-state index contributed by atoms with van der Waals surface area (Å²) in [5, 5.41) is 3.89. The molecule has 7 nitrogen and oxygen atoms in total. The lowest BCUT2D eigenvalue weighted by Gasteiger charge is -2.18. The number of anilines is 1. The van der Waals surface area contributed by atoms with Crippen LogP contribution in [0.15, 0.2) is 42.6 Å². The third-order valence-corrected chi connectivity index (χ3v) is 6.43. The Bertz CT molecular complexity index is 1070. The Balaban J connectivity index is 1.59. The molecule has 0 spiro atoms. The number of benzene rings is 2. The van der Waals surface area contributed by atoms with Crippen molar-refractivity contribution >= 4 is 39.0 Å². The van der Waals surface area contributed by atoms with Crippen molar-refractivity contribution < 1.29 is 23.8 Å². The van der Waals surface area contributed by atoms with E-state index in [1.807, 2.05) is 24.3 Å². The number of halogens is 1. The van der Waals surface area contributed by atoms with Gasteiger partial charge in [0.1, 0.15) is 11.8 Å². The maximum Gasteiger partial charge on any atom is 0.260 e. The second-order valence-corrected chi connectivity index (χ2v) is 8.74. The van der Waals surface area contributed by atoms with Gasteiger partial charge in [0.2, 0.25) is 5.91 Å². The van der Waals surface area contributed by atoms with E-state index in [0.29, 0.717) is 35.8 Å². The summed E-state index contributed by atoms with van der Waals surface area (Å²) in [5.74, 6) is 1.26. The Morgan fingerprint density at radius 1 is 1.03 bits per heavy atom. The van der Waals surface area contributed by atoms with Crippen molar-refractivity contribution in [2.75, 3.05) is 31.5 Å². The second-order valence-electron chi connectivity index (χ2n) is 7.95. The molecule has 174 valence electrons. The molecule has 0 saturated heterocycles. The van der Waals surface area contributed by atoms with E-state index in [9.17, 15) is 9.59 Å². The highest BCUT2D eigenvalue weighted by Gasteiger charge is 2.39. The van der Waals surface area contributed by atoms with E-state index in [1.165, 1.54) is 4.90 Å². The minimum Gasteiger partial charge on any atom is -0.497 e. The number of carbonyl (C=O) groups is 2. The SMILES string of the molecule is COc1ccc(C2=CN3C(=O)c4cc(OC)c(OCCCCCBr)cc4NC(=O)C3C2)cc1. The standard InChI is InChI=1S/C25H27BrN2O5/c1-31-18-8-6-16(7-9-18)17-12-21-24(29)27-20-14-23(33-11-5-3-4-10-26)22(32-2)13-19(20)25(30)28(21)15-17/h6-9,13-15,21H,3-5,10-12H2,1-2H3,(H,27,29). The molecule has 1 unspecified atom stereocenters. The van der Waals surface area contributed by atoms with Crippen LogP contribution in [0, 0.1) is 0 Å². The van der Waals surface area contributed by atoms with Gasteiger partial charge in [-0.2, -0.15) is 0 Å². The third-order valence-electron chi connectivity index (χ3n) is 5.87. The minimum absolute atomic E-state index is 0.227. The van der Waals surface area contributed by atoms with E-state index in [4.69, 9.17) is 14.2 Å². The first kappa shape index (κ1) is 23.2. The predicted octanol–water partition coefficient (Wildman–Crippen LogP) is 4.86. The highest BCUT2D eigenvalue weighted by molar-refractivity contribution is 9.09. The van der Waals surface area contributed by atoms with Crippen LogP contribution in [0.25, 0.3) is 5.57 Å². The van der Waals surface area contributed by atoms with Crippen LogP contribution >= 0.6 is 15.9 Å². The van der Waals surface area contributed by atoms with Crippen LogP contribution < -0.4 is 19.5 Å².